The molecule has 8 heteroatoms. The molecule has 104 valence electrons. The summed E-state index contributed by atoms with van der Waals surface area (Å²) in [5.41, 5.74) is 3.24. The summed E-state index contributed by atoms with van der Waals surface area (Å²) in [5, 5.41) is 13.8. The highest BCUT2D eigenvalue weighted by molar-refractivity contribution is 5.69. The minimum Gasteiger partial charge on any atom is -0.334 e. The molecular formula is C12H12FN5O2. The molecule has 2 aromatic rings. The zero-order valence-electron chi connectivity index (χ0n) is 10.6. The Morgan fingerprint density at radius 3 is 2.70 bits per heavy atom. The molecule has 0 unspecified atom stereocenters. The van der Waals surface area contributed by atoms with Gasteiger partial charge in [-0.05, 0) is 36.8 Å². The second-order valence-corrected chi connectivity index (χ2v) is 4.05. The van der Waals surface area contributed by atoms with E-state index >= 15 is 0 Å². The number of hydrogen-bond donors (Lipinski definition) is 3. The van der Waals surface area contributed by atoms with Crippen molar-refractivity contribution in [1.82, 2.24) is 4.98 Å². The predicted octanol–water partition coefficient (Wildman–Crippen LogP) is 2.47. The van der Waals surface area contributed by atoms with Gasteiger partial charge in [-0.3, -0.25) is 10.1 Å². The first-order chi connectivity index (χ1) is 9.51. The van der Waals surface area contributed by atoms with Crippen molar-refractivity contribution in [1.29, 1.82) is 0 Å². The van der Waals surface area contributed by atoms with Crippen LogP contribution in [0, 0.1) is 22.9 Å². The fourth-order valence-electron chi connectivity index (χ4n) is 1.67. The summed E-state index contributed by atoms with van der Waals surface area (Å²) in [6.07, 6.45) is 0. The molecule has 0 aliphatic rings. The number of aryl methyl sites for hydroxylation is 1. The zero-order valence-corrected chi connectivity index (χ0v) is 10.6. The number of hydrogen-bond acceptors (Lipinski definition) is 6. The number of pyridine rings is 1. The van der Waals surface area contributed by atoms with Crippen LogP contribution in [0.4, 0.5) is 27.4 Å². The van der Waals surface area contributed by atoms with E-state index in [4.69, 9.17) is 5.84 Å². The summed E-state index contributed by atoms with van der Waals surface area (Å²) in [4.78, 5) is 14.4. The van der Waals surface area contributed by atoms with Crippen LogP contribution in [-0.2, 0) is 0 Å². The minimum absolute atomic E-state index is 0.0279. The number of aromatic nitrogens is 1. The molecule has 1 heterocycles. The van der Waals surface area contributed by atoms with Crippen LogP contribution in [0.3, 0.4) is 0 Å². The first-order valence-corrected chi connectivity index (χ1v) is 5.66. The summed E-state index contributed by atoms with van der Waals surface area (Å²) < 4.78 is 13.0. The topological polar surface area (TPSA) is 106 Å². The van der Waals surface area contributed by atoms with E-state index in [0.717, 1.165) is 0 Å². The number of nitrogen functional groups attached to an aromatic ring is 1. The van der Waals surface area contributed by atoms with Crippen molar-refractivity contribution in [2.45, 2.75) is 6.92 Å². The molecule has 7 nitrogen and oxygen atoms in total. The quantitative estimate of drug-likeness (QED) is 0.450. The van der Waals surface area contributed by atoms with Gasteiger partial charge in [-0.2, -0.15) is 0 Å². The van der Waals surface area contributed by atoms with Crippen LogP contribution in [0.1, 0.15) is 5.56 Å². The van der Waals surface area contributed by atoms with Crippen molar-refractivity contribution >= 4 is 23.0 Å². The van der Waals surface area contributed by atoms with E-state index in [1.807, 2.05) is 0 Å². The molecule has 1 aromatic heterocycles. The molecule has 0 aliphatic carbocycles. The van der Waals surface area contributed by atoms with E-state index in [9.17, 15) is 14.5 Å². The summed E-state index contributed by atoms with van der Waals surface area (Å²) in [6, 6.07) is 6.73. The maximum Gasteiger partial charge on any atom is 0.311 e. The Morgan fingerprint density at radius 1 is 1.35 bits per heavy atom. The molecule has 0 amide bonds. The number of halogens is 1. The van der Waals surface area contributed by atoms with E-state index in [1.165, 1.54) is 30.3 Å². The van der Waals surface area contributed by atoms with Crippen molar-refractivity contribution in [3.8, 4) is 0 Å². The standard InChI is InChI=1S/C12H12FN5O2/c1-7-6-8(13)2-3-9(7)15-12-10(18(19)20)4-5-11(16-12)17-14/h2-6H,14H2,1H3,(H2,15,16,17). The van der Waals surface area contributed by atoms with Crippen molar-refractivity contribution in [3.05, 3.63) is 51.8 Å². The Labute approximate surface area is 113 Å². The van der Waals surface area contributed by atoms with Crippen LogP contribution in [-0.4, -0.2) is 9.91 Å². The first-order valence-electron chi connectivity index (χ1n) is 5.66. The summed E-state index contributed by atoms with van der Waals surface area (Å²) >= 11 is 0. The van der Waals surface area contributed by atoms with E-state index < -0.39 is 4.92 Å². The molecule has 0 bridgehead atoms. The van der Waals surface area contributed by atoms with Gasteiger partial charge in [-0.1, -0.05) is 0 Å². The number of hydrazine groups is 1. The van der Waals surface area contributed by atoms with Gasteiger partial charge in [0.2, 0.25) is 5.82 Å². The number of anilines is 3. The lowest BCUT2D eigenvalue weighted by Crippen LogP contribution is -2.10. The van der Waals surface area contributed by atoms with E-state index in [1.54, 1.807) is 6.92 Å². The Morgan fingerprint density at radius 2 is 2.10 bits per heavy atom. The Bertz CT molecular complexity index is 662. The number of rotatable bonds is 4. The molecule has 0 aliphatic heterocycles. The van der Waals surface area contributed by atoms with Crippen molar-refractivity contribution < 1.29 is 9.31 Å². The number of nitro groups is 1. The van der Waals surface area contributed by atoms with E-state index in [-0.39, 0.29) is 23.1 Å². The van der Waals surface area contributed by atoms with Gasteiger partial charge in [0.25, 0.3) is 0 Å². The van der Waals surface area contributed by atoms with Gasteiger partial charge in [-0.15, -0.1) is 0 Å². The average molecular weight is 277 g/mol. The molecule has 0 saturated heterocycles. The summed E-state index contributed by atoms with van der Waals surface area (Å²) in [7, 11) is 0. The molecular weight excluding hydrogens is 265 g/mol. The molecule has 0 atom stereocenters. The van der Waals surface area contributed by atoms with Gasteiger partial charge in [0, 0.05) is 11.8 Å². The van der Waals surface area contributed by atoms with Crippen LogP contribution in [0.2, 0.25) is 0 Å². The van der Waals surface area contributed by atoms with Crippen molar-refractivity contribution in [2.75, 3.05) is 10.7 Å². The maximum atomic E-state index is 13.0. The molecule has 0 fully saturated rings. The smallest absolute Gasteiger partial charge is 0.311 e. The second-order valence-electron chi connectivity index (χ2n) is 4.05. The van der Waals surface area contributed by atoms with Crippen LogP contribution in [0.15, 0.2) is 30.3 Å². The van der Waals surface area contributed by atoms with Crippen molar-refractivity contribution in [2.24, 2.45) is 5.84 Å². The monoisotopic (exact) mass is 277 g/mol. The average Bonchev–Trinajstić information content (AvgIpc) is 2.41. The van der Waals surface area contributed by atoms with Gasteiger partial charge in [0.1, 0.15) is 11.6 Å². The molecule has 0 radical (unpaired) electrons. The van der Waals surface area contributed by atoms with Gasteiger partial charge in [0.05, 0.1) is 4.92 Å². The van der Waals surface area contributed by atoms with Crippen molar-refractivity contribution in [3.63, 3.8) is 0 Å². The fourth-order valence-corrected chi connectivity index (χ4v) is 1.67. The third-order valence-electron chi connectivity index (χ3n) is 2.66. The van der Waals surface area contributed by atoms with E-state index in [2.05, 4.69) is 15.7 Å². The first kappa shape index (κ1) is 13.7. The van der Waals surface area contributed by atoms with Crippen LogP contribution < -0.4 is 16.6 Å². The van der Waals surface area contributed by atoms with Crippen LogP contribution in [0.25, 0.3) is 0 Å². The Balaban J connectivity index is 2.43. The maximum absolute atomic E-state index is 13.0. The Kier molecular flexibility index (Phi) is 3.76. The number of nitrogens with one attached hydrogen (secondary N) is 2. The van der Waals surface area contributed by atoms with Crippen LogP contribution >= 0.6 is 0 Å². The minimum atomic E-state index is -0.561. The third-order valence-corrected chi connectivity index (χ3v) is 2.66. The molecule has 0 saturated carbocycles. The lowest BCUT2D eigenvalue weighted by molar-refractivity contribution is -0.384. The zero-order chi connectivity index (χ0) is 14.7. The number of nitrogens with zero attached hydrogens (tertiary/aromatic N) is 2. The molecule has 0 spiro atoms. The summed E-state index contributed by atoms with van der Waals surface area (Å²) in [5.74, 6) is 5.15. The predicted molar refractivity (Wildman–Crippen MR) is 73.1 cm³/mol. The highest BCUT2D eigenvalue weighted by Gasteiger charge is 2.16. The van der Waals surface area contributed by atoms with Gasteiger partial charge < -0.3 is 10.7 Å². The lowest BCUT2D eigenvalue weighted by Gasteiger charge is -2.10. The molecule has 2 rings (SSSR count). The Hall–Kier alpha value is -2.74. The van der Waals surface area contributed by atoms with Gasteiger partial charge >= 0.3 is 5.69 Å². The second kappa shape index (κ2) is 5.49. The normalized spacial score (nSPS) is 10.2. The molecule has 1 aromatic carbocycles. The fraction of sp³-hybridized carbons (Fsp3) is 0.0833. The number of benzene rings is 1. The highest BCUT2D eigenvalue weighted by atomic mass is 19.1. The van der Waals surface area contributed by atoms with Crippen LogP contribution in [0.5, 0.6) is 0 Å². The van der Waals surface area contributed by atoms with Gasteiger partial charge in [-0.25, -0.2) is 15.2 Å². The number of nitrogens with two attached hydrogens (primary N) is 1. The SMILES string of the molecule is Cc1cc(F)ccc1Nc1nc(NN)ccc1[N+](=O)[O-]. The highest BCUT2D eigenvalue weighted by Crippen LogP contribution is 2.28. The largest absolute Gasteiger partial charge is 0.334 e. The van der Waals surface area contributed by atoms with E-state index in [0.29, 0.717) is 11.3 Å². The summed E-state index contributed by atoms with van der Waals surface area (Å²) in [6.45, 7) is 1.68. The lowest BCUT2D eigenvalue weighted by atomic mass is 10.2. The van der Waals surface area contributed by atoms with Gasteiger partial charge in [0.15, 0.2) is 0 Å². The third kappa shape index (κ3) is 2.81. The molecule has 20 heavy (non-hydrogen) atoms. The molecule has 4 N–H and O–H groups in total.